The summed E-state index contributed by atoms with van der Waals surface area (Å²) in [4.78, 5) is 0. The van der Waals surface area contributed by atoms with Crippen molar-refractivity contribution in [2.75, 3.05) is 19.8 Å². The van der Waals surface area contributed by atoms with Crippen LogP contribution in [0.3, 0.4) is 0 Å². The molecule has 1 unspecified atom stereocenters. The summed E-state index contributed by atoms with van der Waals surface area (Å²) in [6.45, 7) is 2.70. The molecule has 0 bridgehead atoms. The molecule has 0 spiro atoms. The van der Waals surface area contributed by atoms with E-state index in [-0.39, 0.29) is 0 Å². The molecule has 1 saturated heterocycles. The van der Waals surface area contributed by atoms with Crippen LogP contribution >= 0.6 is 27.5 Å². The third-order valence-corrected chi connectivity index (χ3v) is 3.77. The average molecular weight is 305 g/mol. The zero-order chi connectivity index (χ0) is 11.4. The maximum absolute atomic E-state index is 5.96. The lowest BCUT2D eigenvalue weighted by Gasteiger charge is -2.11. The Morgan fingerprint density at radius 1 is 1.50 bits per heavy atom. The summed E-state index contributed by atoms with van der Waals surface area (Å²) < 4.78 is 6.44. The first kappa shape index (κ1) is 12.4. The van der Waals surface area contributed by atoms with Crippen LogP contribution < -0.4 is 5.32 Å². The van der Waals surface area contributed by atoms with E-state index in [4.69, 9.17) is 16.3 Å². The first-order chi connectivity index (χ1) is 7.75. The third kappa shape index (κ3) is 3.45. The van der Waals surface area contributed by atoms with Crippen LogP contribution in [0.4, 0.5) is 0 Å². The molecule has 2 nitrogen and oxygen atoms in total. The largest absolute Gasteiger partial charge is 0.380 e. The first-order valence-electron chi connectivity index (χ1n) is 5.51. The van der Waals surface area contributed by atoms with Gasteiger partial charge < -0.3 is 10.1 Å². The molecule has 16 heavy (non-hydrogen) atoms. The van der Waals surface area contributed by atoms with Crippen LogP contribution in [-0.4, -0.2) is 25.8 Å². The quantitative estimate of drug-likeness (QED) is 0.923. The molecule has 0 saturated carbocycles. The van der Waals surface area contributed by atoms with Crippen LogP contribution in [0.5, 0.6) is 0 Å². The fourth-order valence-electron chi connectivity index (χ4n) is 1.84. The standard InChI is InChI=1S/C12H15BrClNO/c13-12-2-1-10(14)7-9(12)3-5-15-11-4-6-16-8-11/h1-2,7,11,15H,3-6,8H2. The van der Waals surface area contributed by atoms with Gasteiger partial charge in [0.2, 0.25) is 0 Å². The normalized spacial score (nSPS) is 20.2. The minimum atomic E-state index is 0.526. The molecule has 1 fully saturated rings. The summed E-state index contributed by atoms with van der Waals surface area (Å²) in [5.74, 6) is 0. The van der Waals surface area contributed by atoms with E-state index in [0.29, 0.717) is 6.04 Å². The van der Waals surface area contributed by atoms with Gasteiger partial charge >= 0.3 is 0 Å². The van der Waals surface area contributed by atoms with Crippen molar-refractivity contribution in [1.82, 2.24) is 5.32 Å². The van der Waals surface area contributed by atoms with E-state index in [1.54, 1.807) is 0 Å². The molecule has 0 amide bonds. The van der Waals surface area contributed by atoms with Crippen LogP contribution in [0, 0.1) is 0 Å². The molecule has 0 radical (unpaired) electrons. The van der Waals surface area contributed by atoms with Crippen LogP contribution in [-0.2, 0) is 11.2 Å². The van der Waals surface area contributed by atoms with E-state index in [0.717, 1.165) is 42.1 Å². The summed E-state index contributed by atoms with van der Waals surface area (Å²) in [5.41, 5.74) is 1.25. The highest BCUT2D eigenvalue weighted by molar-refractivity contribution is 9.10. The summed E-state index contributed by atoms with van der Waals surface area (Å²) in [5, 5.41) is 4.28. The average Bonchev–Trinajstić information content (AvgIpc) is 2.76. The minimum absolute atomic E-state index is 0.526. The van der Waals surface area contributed by atoms with Gasteiger partial charge in [0.15, 0.2) is 0 Å². The maximum Gasteiger partial charge on any atom is 0.0620 e. The van der Waals surface area contributed by atoms with Crippen molar-refractivity contribution in [3.8, 4) is 0 Å². The summed E-state index contributed by atoms with van der Waals surface area (Å²) >= 11 is 9.49. The third-order valence-electron chi connectivity index (χ3n) is 2.76. The topological polar surface area (TPSA) is 21.3 Å². The Morgan fingerprint density at radius 2 is 2.38 bits per heavy atom. The van der Waals surface area contributed by atoms with Crippen LogP contribution in [0.1, 0.15) is 12.0 Å². The van der Waals surface area contributed by atoms with E-state index in [2.05, 4.69) is 21.2 Å². The lowest BCUT2D eigenvalue weighted by molar-refractivity contribution is 0.190. The highest BCUT2D eigenvalue weighted by Gasteiger charge is 2.14. The molecule has 1 aliphatic rings. The van der Waals surface area contributed by atoms with Gasteiger partial charge in [0.25, 0.3) is 0 Å². The number of halogens is 2. The molecule has 2 rings (SSSR count). The Hall–Kier alpha value is -0.0900. The van der Waals surface area contributed by atoms with Crippen LogP contribution in [0.25, 0.3) is 0 Å². The smallest absolute Gasteiger partial charge is 0.0620 e. The van der Waals surface area contributed by atoms with Gasteiger partial charge in [0.05, 0.1) is 6.61 Å². The number of rotatable bonds is 4. The molecule has 1 aliphatic heterocycles. The lowest BCUT2D eigenvalue weighted by Crippen LogP contribution is -2.30. The molecule has 88 valence electrons. The first-order valence-corrected chi connectivity index (χ1v) is 6.68. The van der Waals surface area contributed by atoms with Crippen molar-refractivity contribution in [1.29, 1.82) is 0 Å². The van der Waals surface area contributed by atoms with Gasteiger partial charge in [0.1, 0.15) is 0 Å². The molecule has 0 aliphatic carbocycles. The van der Waals surface area contributed by atoms with E-state index in [1.165, 1.54) is 5.56 Å². The SMILES string of the molecule is Clc1ccc(Br)c(CCNC2CCOC2)c1. The molecule has 4 heteroatoms. The van der Waals surface area contributed by atoms with Gasteiger partial charge in [-0.25, -0.2) is 0 Å². The van der Waals surface area contributed by atoms with Crippen LogP contribution in [0.15, 0.2) is 22.7 Å². The Kier molecular flexibility index (Phi) is 4.65. The lowest BCUT2D eigenvalue weighted by atomic mass is 10.1. The van der Waals surface area contributed by atoms with Crippen LogP contribution in [0.2, 0.25) is 5.02 Å². The second-order valence-electron chi connectivity index (χ2n) is 4.00. The van der Waals surface area contributed by atoms with Gasteiger partial charge in [-0.2, -0.15) is 0 Å². The zero-order valence-electron chi connectivity index (χ0n) is 9.01. The number of benzene rings is 1. The van der Waals surface area contributed by atoms with Crippen molar-refractivity contribution in [2.45, 2.75) is 18.9 Å². The molecular formula is C12H15BrClNO. The predicted molar refractivity (Wildman–Crippen MR) is 70.1 cm³/mol. The number of ether oxygens (including phenoxy) is 1. The fraction of sp³-hybridized carbons (Fsp3) is 0.500. The minimum Gasteiger partial charge on any atom is -0.380 e. The van der Waals surface area contributed by atoms with Gasteiger partial charge in [-0.3, -0.25) is 0 Å². The Balaban J connectivity index is 1.82. The molecule has 1 aromatic carbocycles. The second-order valence-corrected chi connectivity index (χ2v) is 5.29. The van der Waals surface area contributed by atoms with Crippen molar-refractivity contribution in [3.63, 3.8) is 0 Å². The van der Waals surface area contributed by atoms with Crippen molar-refractivity contribution >= 4 is 27.5 Å². The monoisotopic (exact) mass is 303 g/mol. The molecule has 1 heterocycles. The number of hydrogen-bond donors (Lipinski definition) is 1. The van der Waals surface area contributed by atoms with E-state index >= 15 is 0 Å². The van der Waals surface area contributed by atoms with E-state index in [9.17, 15) is 0 Å². The Morgan fingerprint density at radius 3 is 3.12 bits per heavy atom. The molecule has 1 N–H and O–H groups in total. The van der Waals surface area contributed by atoms with Gasteiger partial charge in [0, 0.05) is 22.1 Å². The Bertz CT molecular complexity index is 353. The zero-order valence-corrected chi connectivity index (χ0v) is 11.4. The molecule has 1 atom stereocenters. The van der Waals surface area contributed by atoms with E-state index < -0.39 is 0 Å². The molecule has 0 aromatic heterocycles. The van der Waals surface area contributed by atoms with E-state index in [1.807, 2.05) is 18.2 Å². The highest BCUT2D eigenvalue weighted by Crippen LogP contribution is 2.21. The van der Waals surface area contributed by atoms with Gasteiger partial charge in [-0.15, -0.1) is 0 Å². The van der Waals surface area contributed by atoms with Crippen molar-refractivity contribution in [2.24, 2.45) is 0 Å². The maximum atomic E-state index is 5.96. The summed E-state index contributed by atoms with van der Waals surface area (Å²) in [6, 6.07) is 6.43. The predicted octanol–water partition coefficient (Wildman–Crippen LogP) is 3.02. The number of nitrogens with one attached hydrogen (secondary N) is 1. The Labute approximate surface area is 109 Å². The van der Waals surface area contributed by atoms with Crippen molar-refractivity contribution in [3.05, 3.63) is 33.3 Å². The number of hydrogen-bond acceptors (Lipinski definition) is 2. The molecular weight excluding hydrogens is 289 g/mol. The van der Waals surface area contributed by atoms with Crippen molar-refractivity contribution < 1.29 is 4.74 Å². The summed E-state index contributed by atoms with van der Waals surface area (Å²) in [7, 11) is 0. The highest BCUT2D eigenvalue weighted by atomic mass is 79.9. The summed E-state index contributed by atoms with van der Waals surface area (Å²) in [6.07, 6.45) is 2.11. The molecule has 1 aromatic rings. The van der Waals surface area contributed by atoms with Gasteiger partial charge in [-0.05, 0) is 43.1 Å². The fourth-order valence-corrected chi connectivity index (χ4v) is 2.48. The van der Waals surface area contributed by atoms with Gasteiger partial charge in [-0.1, -0.05) is 27.5 Å². The second kappa shape index (κ2) is 6.01.